The van der Waals surface area contributed by atoms with E-state index in [2.05, 4.69) is 59.5 Å². The minimum Gasteiger partial charge on any atom is -0.358 e. The van der Waals surface area contributed by atoms with Gasteiger partial charge in [-0.3, -0.25) is 0 Å². The van der Waals surface area contributed by atoms with Gasteiger partial charge in [0.05, 0.1) is 6.67 Å². The van der Waals surface area contributed by atoms with Crippen LogP contribution in [0.15, 0.2) is 42.7 Å². The third-order valence-electron chi connectivity index (χ3n) is 5.93. The Bertz CT molecular complexity index is 496. The molecule has 0 unspecified atom stereocenters. The summed E-state index contributed by atoms with van der Waals surface area (Å²) in [6.45, 7) is 4.49. The van der Waals surface area contributed by atoms with Gasteiger partial charge in [0, 0.05) is 24.6 Å². The van der Waals surface area contributed by atoms with Gasteiger partial charge in [-0.1, -0.05) is 115 Å². The largest absolute Gasteiger partial charge is 0.358 e. The molecule has 1 aliphatic heterocycles. The van der Waals surface area contributed by atoms with Crippen molar-refractivity contribution in [2.45, 2.75) is 103 Å². The summed E-state index contributed by atoms with van der Waals surface area (Å²) >= 11 is 0. The smallest absolute Gasteiger partial charge is 0.0941 e. The molecule has 1 aromatic rings. The van der Waals surface area contributed by atoms with E-state index in [4.69, 9.17) is 0 Å². The zero-order valence-corrected chi connectivity index (χ0v) is 18.5. The highest BCUT2D eigenvalue weighted by Gasteiger charge is 2.12. The van der Waals surface area contributed by atoms with Crippen molar-refractivity contribution in [3.63, 3.8) is 0 Å². The highest BCUT2D eigenvalue weighted by molar-refractivity contribution is 5.49. The Morgan fingerprint density at radius 3 is 1.64 bits per heavy atom. The molecule has 0 saturated heterocycles. The van der Waals surface area contributed by atoms with Gasteiger partial charge in [0.25, 0.3) is 0 Å². The summed E-state index contributed by atoms with van der Waals surface area (Å²) in [5, 5.41) is 0. The SMILES string of the molecule is CCCCCCCCCCCCCCCCCN1C=CN(c2ccccc2)C1. The molecule has 158 valence electrons. The van der Waals surface area contributed by atoms with Crippen molar-refractivity contribution < 1.29 is 0 Å². The molecule has 2 heteroatoms. The van der Waals surface area contributed by atoms with E-state index in [0.29, 0.717) is 0 Å². The van der Waals surface area contributed by atoms with Crippen LogP contribution < -0.4 is 4.90 Å². The topological polar surface area (TPSA) is 6.48 Å². The first-order valence-electron chi connectivity index (χ1n) is 12.1. The molecule has 1 aromatic carbocycles. The van der Waals surface area contributed by atoms with Crippen LogP contribution in [0.1, 0.15) is 103 Å². The molecular formula is C26H44N2. The van der Waals surface area contributed by atoms with Crippen molar-refractivity contribution in [1.82, 2.24) is 4.90 Å². The lowest BCUT2D eigenvalue weighted by Crippen LogP contribution is -2.25. The number of unbranched alkanes of at least 4 members (excludes halogenated alkanes) is 14. The maximum absolute atomic E-state index is 2.44. The van der Waals surface area contributed by atoms with E-state index in [-0.39, 0.29) is 0 Å². The van der Waals surface area contributed by atoms with Crippen molar-refractivity contribution in [3.05, 3.63) is 42.7 Å². The maximum atomic E-state index is 2.44. The first-order valence-corrected chi connectivity index (χ1v) is 12.1. The van der Waals surface area contributed by atoms with E-state index in [1.807, 2.05) is 0 Å². The van der Waals surface area contributed by atoms with Gasteiger partial charge in [-0.2, -0.15) is 0 Å². The van der Waals surface area contributed by atoms with Gasteiger partial charge in [0.15, 0.2) is 0 Å². The van der Waals surface area contributed by atoms with Crippen molar-refractivity contribution in [1.29, 1.82) is 0 Å². The predicted octanol–water partition coefficient (Wildman–Crippen LogP) is 8.11. The Hall–Kier alpha value is -1.44. The number of benzene rings is 1. The molecule has 0 spiro atoms. The molecule has 0 N–H and O–H groups in total. The second-order valence-corrected chi connectivity index (χ2v) is 8.51. The number of hydrogen-bond acceptors (Lipinski definition) is 2. The van der Waals surface area contributed by atoms with E-state index < -0.39 is 0 Å². The number of rotatable bonds is 17. The van der Waals surface area contributed by atoms with Crippen molar-refractivity contribution in [2.24, 2.45) is 0 Å². The average molecular weight is 385 g/mol. The minimum atomic E-state index is 1.00. The summed E-state index contributed by atoms with van der Waals surface area (Å²) in [6.07, 6.45) is 26.0. The monoisotopic (exact) mass is 384 g/mol. The molecule has 0 amide bonds. The van der Waals surface area contributed by atoms with Crippen molar-refractivity contribution in [2.75, 3.05) is 18.1 Å². The Balaban J connectivity index is 1.32. The molecule has 0 bridgehead atoms. The van der Waals surface area contributed by atoms with Crippen LogP contribution in [0.25, 0.3) is 0 Å². The van der Waals surface area contributed by atoms with E-state index in [1.165, 1.54) is 109 Å². The van der Waals surface area contributed by atoms with Crippen LogP contribution in [-0.4, -0.2) is 18.1 Å². The average Bonchev–Trinajstić information content (AvgIpc) is 3.20. The van der Waals surface area contributed by atoms with Crippen LogP contribution in [0, 0.1) is 0 Å². The molecule has 0 aromatic heterocycles. The second kappa shape index (κ2) is 15.5. The fourth-order valence-corrected chi connectivity index (χ4v) is 4.08. The van der Waals surface area contributed by atoms with Crippen LogP contribution >= 0.6 is 0 Å². The van der Waals surface area contributed by atoms with Crippen molar-refractivity contribution in [3.8, 4) is 0 Å². The molecule has 0 fully saturated rings. The van der Waals surface area contributed by atoms with Crippen LogP contribution in [0.5, 0.6) is 0 Å². The van der Waals surface area contributed by atoms with Gasteiger partial charge in [0.1, 0.15) is 0 Å². The third-order valence-corrected chi connectivity index (χ3v) is 5.93. The van der Waals surface area contributed by atoms with Crippen LogP contribution in [0.2, 0.25) is 0 Å². The Morgan fingerprint density at radius 1 is 0.607 bits per heavy atom. The zero-order valence-electron chi connectivity index (χ0n) is 18.5. The van der Waals surface area contributed by atoms with Crippen LogP contribution in [-0.2, 0) is 0 Å². The van der Waals surface area contributed by atoms with Gasteiger partial charge in [-0.25, -0.2) is 0 Å². The maximum Gasteiger partial charge on any atom is 0.0941 e. The Kier molecular flexibility index (Phi) is 12.6. The summed E-state index contributed by atoms with van der Waals surface area (Å²) in [6, 6.07) is 10.7. The normalized spacial score (nSPS) is 13.6. The van der Waals surface area contributed by atoms with Crippen LogP contribution in [0.3, 0.4) is 0 Å². The molecule has 0 aliphatic carbocycles. The molecule has 0 radical (unpaired) electrons. The van der Waals surface area contributed by atoms with Gasteiger partial charge in [0.2, 0.25) is 0 Å². The lowest BCUT2D eigenvalue weighted by molar-refractivity contribution is 0.388. The quantitative estimate of drug-likeness (QED) is 0.250. The first kappa shape index (κ1) is 22.8. The van der Waals surface area contributed by atoms with E-state index in [9.17, 15) is 0 Å². The van der Waals surface area contributed by atoms with Crippen LogP contribution in [0.4, 0.5) is 5.69 Å². The summed E-state index contributed by atoms with van der Waals surface area (Å²) < 4.78 is 0. The fourth-order valence-electron chi connectivity index (χ4n) is 4.08. The van der Waals surface area contributed by atoms with E-state index in [1.54, 1.807) is 0 Å². The standard InChI is InChI=1S/C26H44N2/c1-2-3-4-5-6-7-8-9-10-11-12-13-14-15-19-22-27-23-24-28(25-27)26-20-17-16-18-21-26/h16-18,20-21,23-24H,2-15,19,22,25H2,1H3. The number of nitrogens with zero attached hydrogens (tertiary/aromatic N) is 2. The Labute approximate surface area is 175 Å². The highest BCUT2D eigenvalue weighted by Crippen LogP contribution is 2.19. The number of para-hydroxylation sites is 1. The highest BCUT2D eigenvalue weighted by atomic mass is 15.3. The lowest BCUT2D eigenvalue weighted by Gasteiger charge is -2.21. The molecule has 2 nitrogen and oxygen atoms in total. The molecule has 28 heavy (non-hydrogen) atoms. The Morgan fingerprint density at radius 2 is 1.11 bits per heavy atom. The third kappa shape index (κ3) is 10.2. The number of anilines is 1. The fraction of sp³-hybridized carbons (Fsp3) is 0.692. The summed E-state index contributed by atoms with van der Waals surface area (Å²) in [7, 11) is 0. The molecule has 1 aliphatic rings. The predicted molar refractivity (Wildman–Crippen MR) is 125 cm³/mol. The van der Waals surface area contributed by atoms with Gasteiger partial charge in [-0.05, 0) is 18.6 Å². The first-order chi connectivity index (χ1) is 13.9. The van der Waals surface area contributed by atoms with E-state index >= 15 is 0 Å². The summed E-state index contributed by atoms with van der Waals surface area (Å²) in [5.74, 6) is 0. The zero-order chi connectivity index (χ0) is 19.7. The minimum absolute atomic E-state index is 1.00. The number of hydrogen-bond donors (Lipinski definition) is 0. The molecule has 0 atom stereocenters. The van der Waals surface area contributed by atoms with Gasteiger partial charge < -0.3 is 9.80 Å². The second-order valence-electron chi connectivity index (χ2n) is 8.51. The molecule has 0 saturated carbocycles. The lowest BCUT2D eigenvalue weighted by atomic mass is 10.0. The molecular weight excluding hydrogens is 340 g/mol. The van der Waals surface area contributed by atoms with Gasteiger partial charge >= 0.3 is 0 Å². The molecule has 1 heterocycles. The van der Waals surface area contributed by atoms with E-state index in [0.717, 1.165) is 6.67 Å². The summed E-state index contributed by atoms with van der Waals surface area (Å²) in [5.41, 5.74) is 1.29. The van der Waals surface area contributed by atoms with Crippen molar-refractivity contribution >= 4 is 5.69 Å². The summed E-state index contributed by atoms with van der Waals surface area (Å²) in [4.78, 5) is 4.76. The van der Waals surface area contributed by atoms with Gasteiger partial charge in [-0.15, -0.1) is 0 Å². The molecule has 2 rings (SSSR count).